The minimum absolute atomic E-state index is 0.271. The van der Waals surface area contributed by atoms with E-state index in [1.165, 1.54) is 0 Å². The van der Waals surface area contributed by atoms with Crippen molar-refractivity contribution in [2.24, 2.45) is 5.92 Å². The Balaban J connectivity index is 2.57. The zero-order valence-electron chi connectivity index (χ0n) is 11.7. The summed E-state index contributed by atoms with van der Waals surface area (Å²) in [7, 11) is 1.70. The van der Waals surface area contributed by atoms with Crippen molar-refractivity contribution in [1.82, 2.24) is 10.2 Å². The first-order chi connectivity index (χ1) is 8.27. The molecule has 2 N–H and O–H groups in total. The van der Waals surface area contributed by atoms with E-state index in [4.69, 9.17) is 5.11 Å². The molecule has 1 aliphatic rings. The van der Waals surface area contributed by atoms with Gasteiger partial charge >= 0.3 is 12.0 Å². The van der Waals surface area contributed by atoms with Gasteiger partial charge in [-0.25, -0.2) is 9.59 Å². The number of aliphatic carboxylic acids is 1. The van der Waals surface area contributed by atoms with E-state index in [-0.39, 0.29) is 11.6 Å². The van der Waals surface area contributed by atoms with Crippen LogP contribution in [0.5, 0.6) is 0 Å². The topological polar surface area (TPSA) is 69.6 Å². The molecule has 1 atom stereocenters. The van der Waals surface area contributed by atoms with Crippen LogP contribution in [0.2, 0.25) is 0 Å². The summed E-state index contributed by atoms with van der Waals surface area (Å²) in [6.45, 7) is 5.93. The molecule has 5 heteroatoms. The molecule has 0 aliphatic heterocycles. The van der Waals surface area contributed by atoms with Gasteiger partial charge in [0.15, 0.2) is 0 Å². The summed E-state index contributed by atoms with van der Waals surface area (Å²) >= 11 is 0. The molecule has 1 aliphatic carbocycles. The summed E-state index contributed by atoms with van der Waals surface area (Å²) in [6.07, 6.45) is 3.52. The molecule has 0 bridgehead atoms. The molecule has 1 fully saturated rings. The summed E-state index contributed by atoms with van der Waals surface area (Å²) < 4.78 is 0. The molecule has 0 radical (unpaired) electrons. The van der Waals surface area contributed by atoms with Crippen molar-refractivity contribution in [3.05, 3.63) is 0 Å². The number of hydrogen-bond acceptors (Lipinski definition) is 2. The van der Waals surface area contributed by atoms with Gasteiger partial charge in [-0.15, -0.1) is 0 Å². The van der Waals surface area contributed by atoms with Crippen molar-refractivity contribution < 1.29 is 14.7 Å². The average Bonchev–Trinajstić information content (AvgIpc) is 3.10. The summed E-state index contributed by atoms with van der Waals surface area (Å²) in [6, 6.07) is -1.07. The Bertz CT molecular complexity index is 324. The number of carbonyl (C=O) groups is 2. The molecule has 104 valence electrons. The second-order valence-electron chi connectivity index (χ2n) is 5.74. The summed E-state index contributed by atoms with van der Waals surface area (Å²) in [4.78, 5) is 24.7. The molecule has 0 saturated heterocycles. The van der Waals surface area contributed by atoms with Gasteiger partial charge in [0.1, 0.15) is 6.04 Å². The number of hydrogen-bond donors (Lipinski definition) is 2. The molecule has 18 heavy (non-hydrogen) atoms. The SMILES string of the molecule is CCC(C)(C)N(C)C(=O)NC(CC1CC1)C(=O)O. The zero-order chi connectivity index (χ0) is 13.9. The lowest BCUT2D eigenvalue weighted by molar-refractivity contribution is -0.139. The Hall–Kier alpha value is -1.26. The molecule has 1 unspecified atom stereocenters. The standard InChI is InChI=1S/C13H24N2O3/c1-5-13(2,3)15(4)12(18)14-10(11(16)17)8-9-6-7-9/h9-10H,5-8H2,1-4H3,(H,14,18)(H,16,17). The third-order valence-corrected chi connectivity index (χ3v) is 3.94. The van der Waals surface area contributed by atoms with Gasteiger partial charge in [0, 0.05) is 12.6 Å². The van der Waals surface area contributed by atoms with Crippen molar-refractivity contribution in [2.75, 3.05) is 7.05 Å². The van der Waals surface area contributed by atoms with Crippen molar-refractivity contribution in [1.29, 1.82) is 0 Å². The first-order valence-corrected chi connectivity index (χ1v) is 6.55. The Morgan fingerprint density at radius 2 is 2.00 bits per heavy atom. The van der Waals surface area contributed by atoms with E-state index in [1.54, 1.807) is 11.9 Å². The monoisotopic (exact) mass is 256 g/mol. The smallest absolute Gasteiger partial charge is 0.326 e. The highest BCUT2D eigenvalue weighted by Crippen LogP contribution is 2.33. The van der Waals surface area contributed by atoms with Gasteiger partial charge in [0.05, 0.1) is 0 Å². The fraction of sp³-hybridized carbons (Fsp3) is 0.846. The van der Waals surface area contributed by atoms with Crippen molar-refractivity contribution in [2.45, 2.75) is 58.0 Å². The van der Waals surface area contributed by atoms with Crippen LogP contribution in [0.15, 0.2) is 0 Å². The highest BCUT2D eigenvalue weighted by atomic mass is 16.4. The van der Waals surface area contributed by atoms with Crippen LogP contribution in [-0.2, 0) is 4.79 Å². The van der Waals surface area contributed by atoms with E-state index in [9.17, 15) is 9.59 Å². The number of amides is 2. The molecule has 0 aromatic carbocycles. The van der Waals surface area contributed by atoms with Crippen molar-refractivity contribution in [3.63, 3.8) is 0 Å². The second kappa shape index (κ2) is 5.59. The van der Waals surface area contributed by atoms with Gasteiger partial charge < -0.3 is 15.3 Å². The van der Waals surface area contributed by atoms with Crippen LogP contribution in [0.3, 0.4) is 0 Å². The highest BCUT2D eigenvalue weighted by Gasteiger charge is 2.33. The summed E-state index contributed by atoms with van der Waals surface area (Å²) in [5.74, 6) is -0.478. The van der Waals surface area contributed by atoms with Gasteiger partial charge in [-0.3, -0.25) is 0 Å². The predicted molar refractivity (Wildman–Crippen MR) is 69.4 cm³/mol. The van der Waals surface area contributed by atoms with Gasteiger partial charge in [-0.1, -0.05) is 19.8 Å². The maximum atomic E-state index is 12.0. The normalized spacial score (nSPS) is 17.1. The molecule has 2 amide bonds. The minimum atomic E-state index is -0.946. The molecular formula is C13H24N2O3. The lowest BCUT2D eigenvalue weighted by atomic mass is 10.0. The quantitative estimate of drug-likeness (QED) is 0.764. The van der Waals surface area contributed by atoms with E-state index in [1.807, 2.05) is 20.8 Å². The van der Waals surface area contributed by atoms with Crippen LogP contribution < -0.4 is 5.32 Å². The number of carboxylic acid groups (broad SMARTS) is 1. The van der Waals surface area contributed by atoms with Crippen molar-refractivity contribution >= 4 is 12.0 Å². The molecule has 5 nitrogen and oxygen atoms in total. The van der Waals surface area contributed by atoms with E-state index in [0.717, 1.165) is 19.3 Å². The second-order valence-corrected chi connectivity index (χ2v) is 5.74. The summed E-state index contributed by atoms with van der Waals surface area (Å²) in [5, 5.41) is 11.7. The number of nitrogens with zero attached hydrogens (tertiary/aromatic N) is 1. The van der Waals surface area contributed by atoms with Crippen LogP contribution >= 0.6 is 0 Å². The van der Waals surface area contributed by atoms with Gasteiger partial charge in [0.25, 0.3) is 0 Å². The zero-order valence-corrected chi connectivity index (χ0v) is 11.7. The third-order valence-electron chi connectivity index (χ3n) is 3.94. The molecule has 1 rings (SSSR count). The lowest BCUT2D eigenvalue weighted by Crippen LogP contribution is -2.53. The van der Waals surface area contributed by atoms with Crippen LogP contribution in [-0.4, -0.2) is 40.6 Å². The molecule has 1 saturated carbocycles. The molecule has 0 aromatic heterocycles. The van der Waals surface area contributed by atoms with Crippen LogP contribution in [0.25, 0.3) is 0 Å². The Morgan fingerprint density at radius 3 is 2.39 bits per heavy atom. The Labute approximate surface area is 109 Å². The maximum Gasteiger partial charge on any atom is 0.326 e. The van der Waals surface area contributed by atoms with E-state index < -0.39 is 12.0 Å². The maximum absolute atomic E-state index is 12.0. The molecule has 0 heterocycles. The fourth-order valence-corrected chi connectivity index (χ4v) is 1.67. The largest absolute Gasteiger partial charge is 0.480 e. The highest BCUT2D eigenvalue weighted by molar-refractivity contribution is 5.82. The van der Waals surface area contributed by atoms with Crippen LogP contribution in [0.1, 0.15) is 46.5 Å². The van der Waals surface area contributed by atoms with Crippen molar-refractivity contribution in [3.8, 4) is 0 Å². The van der Waals surface area contributed by atoms with Crippen LogP contribution in [0.4, 0.5) is 4.79 Å². The number of carboxylic acids is 1. The Morgan fingerprint density at radius 1 is 1.44 bits per heavy atom. The van der Waals surface area contributed by atoms with E-state index >= 15 is 0 Å². The van der Waals surface area contributed by atoms with Gasteiger partial charge in [-0.2, -0.15) is 0 Å². The Kier molecular flexibility index (Phi) is 4.59. The van der Waals surface area contributed by atoms with E-state index in [0.29, 0.717) is 12.3 Å². The van der Waals surface area contributed by atoms with Gasteiger partial charge in [0.2, 0.25) is 0 Å². The predicted octanol–water partition coefficient (Wildman–Crippen LogP) is 2.07. The number of rotatable bonds is 6. The minimum Gasteiger partial charge on any atom is -0.480 e. The van der Waals surface area contributed by atoms with E-state index in [2.05, 4.69) is 5.32 Å². The number of nitrogens with one attached hydrogen (secondary N) is 1. The number of carbonyl (C=O) groups excluding carboxylic acids is 1. The first-order valence-electron chi connectivity index (χ1n) is 6.55. The van der Waals surface area contributed by atoms with Crippen LogP contribution in [0, 0.1) is 5.92 Å². The fourth-order valence-electron chi connectivity index (χ4n) is 1.67. The average molecular weight is 256 g/mol. The third kappa shape index (κ3) is 3.89. The molecule has 0 spiro atoms. The van der Waals surface area contributed by atoms with Gasteiger partial charge in [-0.05, 0) is 32.6 Å². The molecule has 0 aromatic rings. The summed E-state index contributed by atoms with van der Waals surface area (Å²) in [5.41, 5.74) is -0.271. The number of urea groups is 1. The first kappa shape index (κ1) is 14.8. The lowest BCUT2D eigenvalue weighted by Gasteiger charge is -2.35. The molecular weight excluding hydrogens is 232 g/mol.